The van der Waals surface area contributed by atoms with Crippen LogP contribution in [-0.2, 0) is 4.79 Å². The van der Waals surface area contributed by atoms with E-state index in [1.807, 2.05) is 13.0 Å². The van der Waals surface area contributed by atoms with Crippen LogP contribution in [0.1, 0.15) is 49.8 Å². The van der Waals surface area contributed by atoms with Crippen molar-refractivity contribution in [3.05, 3.63) is 35.4 Å². The molecule has 0 heterocycles. The molecule has 1 atom stereocenters. The average Bonchev–Trinajstić information content (AvgIpc) is 2.39. The van der Waals surface area contributed by atoms with Gasteiger partial charge in [-0.2, -0.15) is 0 Å². The van der Waals surface area contributed by atoms with E-state index >= 15 is 0 Å². The fraction of sp³-hybridized carbons (Fsp3) is 0.562. The maximum absolute atomic E-state index is 12.2. The van der Waals surface area contributed by atoms with Crippen LogP contribution in [0.2, 0.25) is 0 Å². The minimum Gasteiger partial charge on any atom is -0.349 e. The lowest BCUT2D eigenvalue weighted by atomic mass is 9.85. The molecule has 1 aromatic rings. The molecule has 0 saturated heterocycles. The van der Waals surface area contributed by atoms with Gasteiger partial charge in [0, 0.05) is 12.0 Å². The van der Waals surface area contributed by atoms with Crippen molar-refractivity contribution in [1.29, 1.82) is 0 Å². The number of amides is 1. The highest BCUT2D eigenvalue weighted by molar-refractivity contribution is 5.79. The van der Waals surface area contributed by atoms with Crippen LogP contribution in [0.25, 0.3) is 0 Å². The summed E-state index contributed by atoms with van der Waals surface area (Å²) >= 11 is 0. The topological polar surface area (TPSA) is 55.1 Å². The fourth-order valence-corrected chi connectivity index (χ4v) is 2.74. The Bertz CT molecular complexity index is 436. The number of carbonyl (C=O) groups excluding carboxylic acids is 1. The summed E-state index contributed by atoms with van der Waals surface area (Å²) in [6.07, 6.45) is 3.79. The number of hydrogen-bond donors (Lipinski definition) is 2. The predicted molar refractivity (Wildman–Crippen MR) is 77.7 cm³/mol. The van der Waals surface area contributed by atoms with Gasteiger partial charge in [-0.25, -0.2) is 0 Å². The van der Waals surface area contributed by atoms with Gasteiger partial charge < -0.3 is 11.1 Å². The third kappa shape index (κ3) is 3.80. The number of benzene rings is 1. The van der Waals surface area contributed by atoms with Crippen LogP contribution >= 0.6 is 0 Å². The summed E-state index contributed by atoms with van der Waals surface area (Å²) in [6.45, 7) is 4.11. The normalized spacial score (nSPS) is 24.8. The molecule has 1 amide bonds. The van der Waals surface area contributed by atoms with Crippen molar-refractivity contribution < 1.29 is 4.79 Å². The van der Waals surface area contributed by atoms with Crippen LogP contribution in [0.3, 0.4) is 0 Å². The summed E-state index contributed by atoms with van der Waals surface area (Å²) in [4.78, 5) is 12.2. The molecule has 2 rings (SSSR count). The lowest BCUT2D eigenvalue weighted by molar-refractivity contribution is -0.126. The summed E-state index contributed by atoms with van der Waals surface area (Å²) in [5, 5.41) is 3.13. The van der Waals surface area contributed by atoms with Gasteiger partial charge in [0.25, 0.3) is 0 Å². The van der Waals surface area contributed by atoms with Crippen molar-refractivity contribution in [2.45, 2.75) is 51.6 Å². The third-order valence-corrected chi connectivity index (χ3v) is 4.04. The average molecular weight is 260 g/mol. The summed E-state index contributed by atoms with van der Waals surface area (Å²) in [7, 11) is 0. The maximum atomic E-state index is 12.2. The van der Waals surface area contributed by atoms with Crippen molar-refractivity contribution in [2.24, 2.45) is 11.7 Å². The molecule has 104 valence electrons. The minimum absolute atomic E-state index is 0.0722. The predicted octanol–water partition coefficient (Wildman–Crippen LogP) is 2.69. The van der Waals surface area contributed by atoms with Gasteiger partial charge in [0.1, 0.15) is 0 Å². The molecule has 19 heavy (non-hydrogen) atoms. The first-order valence-corrected chi connectivity index (χ1v) is 7.19. The number of nitrogens with two attached hydrogens (primary N) is 1. The molecule has 1 saturated carbocycles. The van der Waals surface area contributed by atoms with Gasteiger partial charge in [-0.05, 0) is 45.1 Å². The molecule has 1 aromatic carbocycles. The third-order valence-electron chi connectivity index (χ3n) is 4.04. The Kier molecular flexibility index (Phi) is 4.59. The Balaban J connectivity index is 1.91. The van der Waals surface area contributed by atoms with E-state index < -0.39 is 0 Å². The number of carbonyl (C=O) groups is 1. The Morgan fingerprint density at radius 3 is 2.63 bits per heavy atom. The highest BCUT2D eigenvalue weighted by Gasteiger charge is 2.25. The number of rotatable bonds is 3. The second-order valence-electron chi connectivity index (χ2n) is 5.76. The molecular formula is C16H24N2O. The van der Waals surface area contributed by atoms with Gasteiger partial charge in [0.05, 0.1) is 6.04 Å². The van der Waals surface area contributed by atoms with Crippen molar-refractivity contribution in [3.8, 4) is 0 Å². The molecule has 0 unspecified atom stereocenters. The molecule has 0 aliphatic heterocycles. The van der Waals surface area contributed by atoms with Crippen molar-refractivity contribution >= 4 is 5.91 Å². The van der Waals surface area contributed by atoms with E-state index in [-0.39, 0.29) is 17.9 Å². The van der Waals surface area contributed by atoms with Crippen molar-refractivity contribution in [3.63, 3.8) is 0 Å². The molecule has 3 nitrogen and oxygen atoms in total. The minimum atomic E-state index is 0.0722. The summed E-state index contributed by atoms with van der Waals surface area (Å²) in [5.41, 5.74) is 8.27. The van der Waals surface area contributed by atoms with Gasteiger partial charge in [-0.15, -0.1) is 0 Å². The summed E-state index contributed by atoms with van der Waals surface area (Å²) < 4.78 is 0. The SMILES string of the molecule is Cc1cccc([C@H](C)NC(=O)C2CCC(N)CC2)c1. The van der Waals surface area contributed by atoms with Crippen LogP contribution in [-0.4, -0.2) is 11.9 Å². The van der Waals surface area contributed by atoms with Crippen LogP contribution in [0.5, 0.6) is 0 Å². The van der Waals surface area contributed by atoms with Gasteiger partial charge >= 0.3 is 0 Å². The second kappa shape index (κ2) is 6.20. The van der Waals surface area contributed by atoms with Crippen LogP contribution in [0.4, 0.5) is 0 Å². The molecule has 0 bridgehead atoms. The van der Waals surface area contributed by atoms with E-state index in [1.165, 1.54) is 11.1 Å². The Morgan fingerprint density at radius 2 is 2.00 bits per heavy atom. The zero-order valence-electron chi connectivity index (χ0n) is 11.9. The smallest absolute Gasteiger partial charge is 0.223 e. The zero-order valence-corrected chi connectivity index (χ0v) is 11.9. The summed E-state index contributed by atoms with van der Waals surface area (Å²) in [6, 6.07) is 8.66. The first-order chi connectivity index (χ1) is 9.06. The van der Waals surface area contributed by atoms with Crippen molar-refractivity contribution in [2.75, 3.05) is 0 Å². The van der Waals surface area contributed by atoms with E-state index in [9.17, 15) is 4.79 Å². The molecule has 0 radical (unpaired) electrons. The number of aryl methyl sites for hydroxylation is 1. The molecule has 0 spiro atoms. The van der Waals surface area contributed by atoms with E-state index in [1.54, 1.807) is 0 Å². The van der Waals surface area contributed by atoms with Crippen LogP contribution in [0.15, 0.2) is 24.3 Å². The Morgan fingerprint density at radius 1 is 1.32 bits per heavy atom. The molecule has 3 heteroatoms. The van der Waals surface area contributed by atoms with E-state index in [0.29, 0.717) is 6.04 Å². The molecule has 0 aromatic heterocycles. The van der Waals surface area contributed by atoms with Crippen LogP contribution in [0, 0.1) is 12.8 Å². The number of nitrogens with one attached hydrogen (secondary N) is 1. The van der Waals surface area contributed by atoms with E-state index in [2.05, 4.69) is 30.4 Å². The van der Waals surface area contributed by atoms with E-state index in [4.69, 9.17) is 5.73 Å². The molecular weight excluding hydrogens is 236 g/mol. The van der Waals surface area contributed by atoms with Gasteiger partial charge in [-0.1, -0.05) is 29.8 Å². The molecule has 1 aliphatic carbocycles. The first-order valence-electron chi connectivity index (χ1n) is 7.19. The quantitative estimate of drug-likeness (QED) is 0.878. The zero-order chi connectivity index (χ0) is 13.8. The monoisotopic (exact) mass is 260 g/mol. The fourth-order valence-electron chi connectivity index (χ4n) is 2.74. The lowest BCUT2D eigenvalue weighted by Gasteiger charge is -2.26. The highest BCUT2D eigenvalue weighted by atomic mass is 16.1. The maximum Gasteiger partial charge on any atom is 0.223 e. The molecule has 1 aliphatic rings. The van der Waals surface area contributed by atoms with Crippen molar-refractivity contribution in [1.82, 2.24) is 5.32 Å². The molecule has 1 fully saturated rings. The summed E-state index contributed by atoms with van der Waals surface area (Å²) in [5.74, 6) is 0.327. The first kappa shape index (κ1) is 14.1. The Hall–Kier alpha value is -1.35. The second-order valence-corrected chi connectivity index (χ2v) is 5.76. The highest BCUT2D eigenvalue weighted by Crippen LogP contribution is 2.24. The lowest BCUT2D eigenvalue weighted by Crippen LogP contribution is -2.37. The van der Waals surface area contributed by atoms with Gasteiger partial charge in [-0.3, -0.25) is 4.79 Å². The van der Waals surface area contributed by atoms with Gasteiger partial charge in [0.2, 0.25) is 5.91 Å². The number of hydrogen-bond acceptors (Lipinski definition) is 2. The standard InChI is InChI=1S/C16H24N2O/c1-11-4-3-5-14(10-11)12(2)18-16(19)13-6-8-15(17)9-7-13/h3-5,10,12-13,15H,6-9,17H2,1-2H3,(H,18,19)/t12-,13?,15?/m0/s1. The Labute approximate surface area is 115 Å². The molecule has 3 N–H and O–H groups in total. The van der Waals surface area contributed by atoms with Gasteiger partial charge in [0.15, 0.2) is 0 Å². The largest absolute Gasteiger partial charge is 0.349 e. The van der Waals surface area contributed by atoms with Crippen LogP contribution < -0.4 is 11.1 Å². The van der Waals surface area contributed by atoms with E-state index in [0.717, 1.165) is 25.7 Å².